The van der Waals surface area contributed by atoms with Crippen LogP contribution in [0, 0.1) is 13.8 Å². The van der Waals surface area contributed by atoms with Crippen molar-refractivity contribution in [3.05, 3.63) is 27.2 Å². The topological polar surface area (TPSA) is 49.3 Å². The smallest absolute Gasteiger partial charge is 0.177 e. The van der Waals surface area contributed by atoms with Gasteiger partial charge in [0.05, 0.1) is 11.0 Å². The molecule has 0 unspecified atom stereocenters. The zero-order valence-corrected chi connectivity index (χ0v) is 10.6. The normalized spacial score (nSPS) is 10.4. The minimum atomic E-state index is 0.0354. The van der Waals surface area contributed by atoms with E-state index in [1.807, 2.05) is 13.8 Å². The number of hydrogen-bond acceptors (Lipinski definition) is 3. The van der Waals surface area contributed by atoms with Gasteiger partial charge in [0.2, 0.25) is 0 Å². The number of hydrogen-bond donors (Lipinski definition) is 2. The Morgan fingerprint density at radius 3 is 2.67 bits per heavy atom. The molecule has 0 bridgehead atoms. The monoisotopic (exact) mass is 271 g/mol. The molecule has 1 rings (SSSR count). The number of benzene rings is 1. The predicted molar refractivity (Wildman–Crippen MR) is 63.5 cm³/mol. The average molecular weight is 272 g/mol. The lowest BCUT2D eigenvalue weighted by Gasteiger charge is -2.11. The summed E-state index contributed by atoms with van der Waals surface area (Å²) in [6.07, 6.45) is 0. The van der Waals surface area contributed by atoms with E-state index in [9.17, 15) is 9.90 Å². The number of carbonyl (C=O) groups excluding carboxylic acids is 1. The zero-order valence-electron chi connectivity index (χ0n) is 9.02. The van der Waals surface area contributed by atoms with E-state index in [0.717, 1.165) is 11.1 Å². The van der Waals surface area contributed by atoms with Crippen molar-refractivity contribution in [1.82, 2.24) is 5.32 Å². The zero-order chi connectivity index (χ0) is 11.6. The molecular weight excluding hydrogens is 258 g/mol. The molecule has 0 heterocycles. The van der Waals surface area contributed by atoms with E-state index in [2.05, 4.69) is 21.2 Å². The van der Waals surface area contributed by atoms with Crippen LogP contribution in [-0.4, -0.2) is 24.5 Å². The average Bonchev–Trinajstić information content (AvgIpc) is 2.15. The number of carbonyl (C=O) groups is 1. The molecule has 82 valence electrons. The predicted octanol–water partition coefficient (Wildman–Crippen LogP) is 2.17. The third-order valence-electron chi connectivity index (χ3n) is 2.29. The van der Waals surface area contributed by atoms with Crippen molar-refractivity contribution in [1.29, 1.82) is 0 Å². The molecule has 0 fully saturated rings. The number of phenols is 1. The summed E-state index contributed by atoms with van der Waals surface area (Å²) in [5.41, 5.74) is 2.26. The molecule has 0 radical (unpaired) electrons. The number of Topliss-reactive ketones (excluding diaryl/α,β-unsaturated/α-hetero) is 1. The summed E-state index contributed by atoms with van der Waals surface area (Å²) in [5, 5.41) is 12.4. The Kier molecular flexibility index (Phi) is 3.88. The minimum absolute atomic E-state index is 0.0354. The summed E-state index contributed by atoms with van der Waals surface area (Å²) in [7, 11) is 1.73. The largest absolute Gasteiger partial charge is 0.507 e. The first-order chi connectivity index (χ1) is 6.99. The Balaban J connectivity index is 3.29. The molecule has 0 saturated carbocycles. The fourth-order valence-corrected chi connectivity index (χ4v) is 1.93. The lowest BCUT2D eigenvalue weighted by atomic mass is 9.98. The first-order valence-corrected chi connectivity index (χ1v) is 5.44. The van der Waals surface area contributed by atoms with E-state index in [0.29, 0.717) is 16.6 Å². The highest BCUT2D eigenvalue weighted by Gasteiger charge is 2.16. The summed E-state index contributed by atoms with van der Waals surface area (Å²) in [6.45, 7) is 3.95. The number of halogens is 1. The Morgan fingerprint density at radius 2 is 2.13 bits per heavy atom. The van der Waals surface area contributed by atoms with Crippen molar-refractivity contribution in [3.63, 3.8) is 0 Å². The van der Waals surface area contributed by atoms with Crippen LogP contribution in [0.3, 0.4) is 0 Å². The van der Waals surface area contributed by atoms with Crippen molar-refractivity contribution in [2.24, 2.45) is 0 Å². The second-order valence-electron chi connectivity index (χ2n) is 3.48. The third-order valence-corrected chi connectivity index (χ3v) is 3.29. The van der Waals surface area contributed by atoms with Gasteiger partial charge in [-0.3, -0.25) is 4.79 Å². The van der Waals surface area contributed by atoms with Crippen LogP contribution in [0.25, 0.3) is 0 Å². The second kappa shape index (κ2) is 4.77. The van der Waals surface area contributed by atoms with Gasteiger partial charge in [-0.25, -0.2) is 0 Å². The quantitative estimate of drug-likeness (QED) is 0.829. The van der Waals surface area contributed by atoms with E-state index in [1.165, 1.54) is 0 Å². The molecule has 4 heteroatoms. The maximum absolute atomic E-state index is 11.8. The highest BCUT2D eigenvalue weighted by molar-refractivity contribution is 9.10. The van der Waals surface area contributed by atoms with Crippen LogP contribution >= 0.6 is 15.9 Å². The summed E-state index contributed by atoms with van der Waals surface area (Å²) in [6, 6.07) is 1.60. The fraction of sp³-hybridized carbons (Fsp3) is 0.364. The van der Waals surface area contributed by atoms with Crippen molar-refractivity contribution in [3.8, 4) is 5.75 Å². The molecule has 1 aromatic rings. The molecule has 0 spiro atoms. The summed E-state index contributed by atoms with van der Waals surface area (Å²) >= 11 is 3.26. The number of ketones is 1. The molecule has 0 aliphatic heterocycles. The maximum Gasteiger partial charge on any atom is 0.177 e. The van der Waals surface area contributed by atoms with Gasteiger partial charge >= 0.3 is 0 Å². The maximum atomic E-state index is 11.8. The number of nitrogens with one attached hydrogen (secondary N) is 1. The number of aryl methyl sites for hydroxylation is 1. The Bertz CT molecular complexity index is 402. The Morgan fingerprint density at radius 1 is 1.53 bits per heavy atom. The van der Waals surface area contributed by atoms with E-state index in [4.69, 9.17) is 0 Å². The Labute approximate surface area is 97.6 Å². The first kappa shape index (κ1) is 12.2. The molecule has 0 aliphatic rings. The SMILES string of the molecule is CNCC(=O)c1c(C)cc(O)c(Br)c1C. The van der Waals surface area contributed by atoms with Crippen LogP contribution < -0.4 is 5.32 Å². The number of phenolic OH excluding ortho intramolecular Hbond substituents is 1. The molecule has 0 amide bonds. The molecule has 1 aromatic carbocycles. The highest BCUT2D eigenvalue weighted by Crippen LogP contribution is 2.32. The number of aromatic hydroxyl groups is 1. The van der Waals surface area contributed by atoms with Crippen LogP contribution in [0.1, 0.15) is 21.5 Å². The van der Waals surface area contributed by atoms with E-state index in [1.54, 1.807) is 13.1 Å². The molecule has 0 aromatic heterocycles. The molecule has 0 saturated heterocycles. The van der Waals surface area contributed by atoms with Gasteiger partial charge in [-0.2, -0.15) is 0 Å². The summed E-state index contributed by atoms with van der Waals surface area (Å²) in [4.78, 5) is 11.8. The fourth-order valence-electron chi connectivity index (χ4n) is 1.62. The molecule has 3 nitrogen and oxygen atoms in total. The van der Waals surface area contributed by atoms with Gasteiger partial charge in [-0.15, -0.1) is 0 Å². The Hall–Kier alpha value is -0.870. The van der Waals surface area contributed by atoms with Gasteiger partial charge < -0.3 is 10.4 Å². The van der Waals surface area contributed by atoms with Gasteiger partial charge in [0.25, 0.3) is 0 Å². The van der Waals surface area contributed by atoms with Crippen LogP contribution in [0.5, 0.6) is 5.75 Å². The van der Waals surface area contributed by atoms with Crippen molar-refractivity contribution in [2.75, 3.05) is 13.6 Å². The highest BCUT2D eigenvalue weighted by atomic mass is 79.9. The third kappa shape index (κ3) is 2.38. The van der Waals surface area contributed by atoms with Gasteiger partial charge in [-0.1, -0.05) is 0 Å². The number of rotatable bonds is 3. The van der Waals surface area contributed by atoms with Crippen molar-refractivity contribution < 1.29 is 9.90 Å². The van der Waals surface area contributed by atoms with Gasteiger partial charge in [-0.05, 0) is 54.0 Å². The van der Waals surface area contributed by atoms with Crippen molar-refractivity contribution in [2.45, 2.75) is 13.8 Å². The second-order valence-corrected chi connectivity index (χ2v) is 4.27. The summed E-state index contributed by atoms with van der Waals surface area (Å²) < 4.78 is 0.590. The van der Waals surface area contributed by atoms with Crippen LogP contribution in [0.4, 0.5) is 0 Å². The minimum Gasteiger partial charge on any atom is -0.507 e. The van der Waals surface area contributed by atoms with E-state index >= 15 is 0 Å². The lowest BCUT2D eigenvalue weighted by molar-refractivity contribution is 0.0992. The van der Waals surface area contributed by atoms with E-state index < -0.39 is 0 Å². The van der Waals surface area contributed by atoms with Gasteiger partial charge in [0.15, 0.2) is 5.78 Å². The summed E-state index contributed by atoms with van der Waals surface area (Å²) in [5.74, 6) is 0.208. The van der Waals surface area contributed by atoms with Gasteiger partial charge in [0.1, 0.15) is 5.75 Å². The number of likely N-dealkylation sites (N-methyl/N-ethyl adjacent to an activating group) is 1. The van der Waals surface area contributed by atoms with E-state index in [-0.39, 0.29) is 11.5 Å². The van der Waals surface area contributed by atoms with Crippen molar-refractivity contribution >= 4 is 21.7 Å². The van der Waals surface area contributed by atoms with Crippen LogP contribution in [-0.2, 0) is 0 Å². The first-order valence-electron chi connectivity index (χ1n) is 4.65. The molecular formula is C11H14BrNO2. The molecule has 2 N–H and O–H groups in total. The van der Waals surface area contributed by atoms with Crippen LogP contribution in [0.2, 0.25) is 0 Å². The standard InChI is InChI=1S/C11H14BrNO2/c1-6-4-8(14)11(12)7(2)10(6)9(15)5-13-3/h4,13-14H,5H2,1-3H3. The van der Waals surface area contributed by atoms with Gasteiger partial charge in [0, 0.05) is 5.56 Å². The molecule has 0 atom stereocenters. The molecule has 0 aliphatic carbocycles. The van der Waals surface area contributed by atoms with Crippen LogP contribution in [0.15, 0.2) is 10.5 Å². The molecule has 15 heavy (non-hydrogen) atoms. The lowest BCUT2D eigenvalue weighted by Crippen LogP contribution is -2.20.